The molecule has 0 fully saturated rings. The van der Waals surface area contributed by atoms with E-state index in [-0.39, 0.29) is 10.6 Å². The van der Waals surface area contributed by atoms with Gasteiger partial charge in [0.05, 0.1) is 5.69 Å². The quantitative estimate of drug-likeness (QED) is 0.768. The van der Waals surface area contributed by atoms with E-state index in [4.69, 9.17) is 0 Å². The van der Waals surface area contributed by atoms with Crippen LogP contribution in [0.25, 0.3) is 0 Å². The third-order valence-corrected chi connectivity index (χ3v) is 5.93. The number of amides is 2. The van der Waals surface area contributed by atoms with Crippen molar-refractivity contribution < 1.29 is 18.4 Å². The second kappa shape index (κ2) is 6.27. The Hall–Kier alpha value is -3.00. The van der Waals surface area contributed by atoms with Crippen LogP contribution < -0.4 is 4.90 Å². The van der Waals surface area contributed by atoms with Crippen molar-refractivity contribution in [3.63, 3.8) is 0 Å². The van der Waals surface area contributed by atoms with Gasteiger partial charge in [-0.05, 0) is 31.2 Å². The monoisotopic (exact) mass is 399 g/mol. The molecule has 0 saturated carbocycles. The van der Waals surface area contributed by atoms with Crippen molar-refractivity contribution in [1.29, 1.82) is 0 Å². The molecule has 2 aromatic rings. The number of hydrogen-bond donors (Lipinski definition) is 0. The Morgan fingerprint density at radius 3 is 2.57 bits per heavy atom. The van der Waals surface area contributed by atoms with Crippen LogP contribution in [0.15, 0.2) is 59.8 Å². The minimum atomic E-state index is -1.53. The Morgan fingerprint density at radius 2 is 1.89 bits per heavy atom. The smallest absolute Gasteiger partial charge is 0.275 e. The van der Waals surface area contributed by atoms with E-state index in [1.165, 1.54) is 11.8 Å². The number of hydrazone groups is 1. The van der Waals surface area contributed by atoms with Crippen LogP contribution in [0.3, 0.4) is 0 Å². The van der Waals surface area contributed by atoms with Crippen molar-refractivity contribution >= 4 is 34.3 Å². The van der Waals surface area contributed by atoms with E-state index in [1.54, 1.807) is 31.2 Å². The highest BCUT2D eigenvalue weighted by atomic mass is 32.2. The lowest BCUT2D eigenvalue weighted by molar-refractivity contribution is -0.138. The molecule has 0 N–H and O–H groups in total. The van der Waals surface area contributed by atoms with E-state index >= 15 is 0 Å². The average molecular weight is 399 g/mol. The highest BCUT2D eigenvalue weighted by Crippen LogP contribution is 2.56. The number of fused-ring (bicyclic) bond motifs is 2. The maximum atomic E-state index is 14.3. The SMILES string of the molecule is C=C(C)N1C(=O)C2(SC(c3cc(F)ccc3F)=NN2C(C)=O)c2ccccc21. The second-order valence-corrected chi connectivity index (χ2v) is 7.68. The molecule has 2 aromatic carbocycles. The Balaban J connectivity index is 1.93. The van der Waals surface area contributed by atoms with Crippen molar-refractivity contribution in [2.24, 2.45) is 5.10 Å². The maximum absolute atomic E-state index is 14.3. The lowest BCUT2D eigenvalue weighted by Crippen LogP contribution is -2.48. The van der Waals surface area contributed by atoms with Crippen LogP contribution in [0.5, 0.6) is 0 Å². The van der Waals surface area contributed by atoms with Crippen molar-refractivity contribution in [2.75, 3.05) is 4.90 Å². The molecule has 5 nitrogen and oxygen atoms in total. The van der Waals surface area contributed by atoms with Gasteiger partial charge in [-0.2, -0.15) is 5.10 Å². The van der Waals surface area contributed by atoms with Crippen molar-refractivity contribution in [1.82, 2.24) is 5.01 Å². The number of benzene rings is 2. The molecular formula is C20H15F2N3O2S. The highest BCUT2D eigenvalue weighted by Gasteiger charge is 2.61. The predicted octanol–water partition coefficient (Wildman–Crippen LogP) is 3.95. The molecule has 0 bridgehead atoms. The molecule has 8 heteroatoms. The third-order valence-electron chi connectivity index (χ3n) is 4.58. The number of thioether (sulfide) groups is 1. The summed E-state index contributed by atoms with van der Waals surface area (Å²) < 4.78 is 28.1. The molecule has 0 saturated heterocycles. The number of allylic oxidation sites excluding steroid dienone is 1. The molecule has 1 unspecified atom stereocenters. The number of rotatable bonds is 2. The van der Waals surface area contributed by atoms with E-state index in [2.05, 4.69) is 11.7 Å². The fourth-order valence-electron chi connectivity index (χ4n) is 3.44. The molecular weight excluding hydrogens is 384 g/mol. The number of carbonyl (C=O) groups is 2. The zero-order chi connectivity index (χ0) is 20.2. The summed E-state index contributed by atoms with van der Waals surface area (Å²) in [6, 6.07) is 9.97. The van der Waals surface area contributed by atoms with Gasteiger partial charge in [0.1, 0.15) is 16.7 Å². The number of anilines is 1. The van der Waals surface area contributed by atoms with Crippen LogP contribution >= 0.6 is 11.8 Å². The first-order valence-corrected chi connectivity index (χ1v) is 9.22. The minimum absolute atomic E-state index is 0.0546. The molecule has 2 aliphatic rings. The maximum Gasteiger partial charge on any atom is 0.275 e. The van der Waals surface area contributed by atoms with Gasteiger partial charge < -0.3 is 0 Å². The Bertz CT molecular complexity index is 1080. The molecule has 0 aliphatic carbocycles. The highest BCUT2D eigenvalue weighted by molar-refractivity contribution is 8.16. The van der Waals surface area contributed by atoms with Crippen LogP contribution in [-0.4, -0.2) is 21.9 Å². The molecule has 28 heavy (non-hydrogen) atoms. The van der Waals surface area contributed by atoms with Crippen LogP contribution in [0, 0.1) is 11.6 Å². The van der Waals surface area contributed by atoms with Gasteiger partial charge in [0.25, 0.3) is 5.91 Å². The van der Waals surface area contributed by atoms with Gasteiger partial charge in [0, 0.05) is 23.7 Å². The summed E-state index contributed by atoms with van der Waals surface area (Å²) >= 11 is 0.921. The summed E-state index contributed by atoms with van der Waals surface area (Å²) in [5.74, 6) is -2.26. The summed E-state index contributed by atoms with van der Waals surface area (Å²) in [5.41, 5.74) is 1.49. The fraction of sp³-hybridized carbons (Fsp3) is 0.150. The van der Waals surface area contributed by atoms with Crippen LogP contribution in [0.1, 0.15) is 25.0 Å². The van der Waals surface area contributed by atoms with Gasteiger partial charge in [-0.1, -0.05) is 36.5 Å². The number of carbonyl (C=O) groups excluding carboxylic acids is 2. The number of halogens is 2. The van der Waals surface area contributed by atoms with Gasteiger partial charge in [0.15, 0.2) is 0 Å². The fourth-order valence-corrected chi connectivity index (χ4v) is 4.83. The van der Waals surface area contributed by atoms with Crippen LogP contribution in [0.2, 0.25) is 0 Å². The zero-order valence-electron chi connectivity index (χ0n) is 15.1. The van der Waals surface area contributed by atoms with Gasteiger partial charge >= 0.3 is 0 Å². The molecule has 1 atom stereocenters. The van der Waals surface area contributed by atoms with Crippen molar-refractivity contribution in [3.05, 3.63) is 77.5 Å². The molecule has 0 aromatic heterocycles. The Labute approximate surface area is 164 Å². The van der Waals surface area contributed by atoms with Gasteiger partial charge in [-0.15, -0.1) is 0 Å². The molecule has 2 heterocycles. The first kappa shape index (κ1) is 18.4. The Kier molecular flexibility index (Phi) is 4.11. The largest absolute Gasteiger partial charge is 0.282 e. The first-order valence-electron chi connectivity index (χ1n) is 8.41. The summed E-state index contributed by atoms with van der Waals surface area (Å²) in [5, 5.41) is 5.32. The van der Waals surface area contributed by atoms with Crippen molar-refractivity contribution in [2.45, 2.75) is 18.7 Å². The van der Waals surface area contributed by atoms with Crippen LogP contribution in [0.4, 0.5) is 14.5 Å². The van der Waals surface area contributed by atoms with E-state index in [9.17, 15) is 18.4 Å². The predicted molar refractivity (Wildman–Crippen MR) is 103 cm³/mol. The van der Waals surface area contributed by atoms with Crippen LogP contribution in [-0.2, 0) is 14.5 Å². The molecule has 2 aliphatic heterocycles. The normalized spacial score (nSPS) is 20.6. The van der Waals surface area contributed by atoms with Gasteiger partial charge in [-0.3, -0.25) is 14.5 Å². The summed E-state index contributed by atoms with van der Waals surface area (Å²) in [6.45, 7) is 6.81. The standard InChI is InChI=1S/C20H15F2N3O2S/c1-11(2)24-17-7-5-4-6-15(17)20(19(24)27)25(12(3)26)23-18(28-20)14-10-13(21)8-9-16(14)22/h4-10H,1H2,2-3H3. The average Bonchev–Trinajstić information content (AvgIpc) is 3.16. The molecule has 1 spiro atoms. The number of hydrogen-bond acceptors (Lipinski definition) is 4. The lowest BCUT2D eigenvalue weighted by atomic mass is 10.1. The first-order chi connectivity index (χ1) is 13.3. The van der Waals surface area contributed by atoms with E-state index in [0.717, 1.165) is 35.0 Å². The third kappa shape index (κ3) is 2.41. The molecule has 0 radical (unpaired) electrons. The number of nitrogens with zero attached hydrogens (tertiary/aromatic N) is 3. The van der Waals surface area contributed by atoms with E-state index in [0.29, 0.717) is 16.9 Å². The summed E-state index contributed by atoms with van der Waals surface area (Å²) in [7, 11) is 0. The van der Waals surface area contributed by atoms with Gasteiger partial charge in [0.2, 0.25) is 10.8 Å². The molecule has 142 valence electrons. The zero-order valence-corrected chi connectivity index (χ0v) is 15.9. The topological polar surface area (TPSA) is 53.0 Å². The summed E-state index contributed by atoms with van der Waals surface area (Å²) in [4.78, 5) is 25.8. The van der Waals surface area contributed by atoms with Crippen molar-refractivity contribution in [3.8, 4) is 0 Å². The summed E-state index contributed by atoms with van der Waals surface area (Å²) in [6.07, 6.45) is 0. The lowest BCUT2D eigenvalue weighted by Gasteiger charge is -2.29. The number of para-hydroxylation sites is 1. The Morgan fingerprint density at radius 1 is 1.18 bits per heavy atom. The molecule has 2 amide bonds. The second-order valence-electron chi connectivity index (χ2n) is 6.50. The van der Waals surface area contributed by atoms with Gasteiger partial charge in [-0.25, -0.2) is 13.8 Å². The van der Waals surface area contributed by atoms with E-state index in [1.807, 2.05) is 0 Å². The van der Waals surface area contributed by atoms with E-state index < -0.39 is 28.3 Å². The molecule has 4 rings (SSSR count). The minimum Gasteiger partial charge on any atom is -0.282 e.